The van der Waals surface area contributed by atoms with Gasteiger partial charge >= 0.3 is 0 Å². The summed E-state index contributed by atoms with van der Waals surface area (Å²) in [5.41, 5.74) is 2.68. The number of guanidine groups is 1. The van der Waals surface area contributed by atoms with Crippen LogP contribution >= 0.6 is 24.0 Å². The Morgan fingerprint density at radius 2 is 1.69 bits per heavy atom. The second-order valence-corrected chi connectivity index (χ2v) is 9.10. The van der Waals surface area contributed by atoms with Gasteiger partial charge in [-0.05, 0) is 68.1 Å². The molecule has 0 amide bonds. The Kier molecular flexibility index (Phi) is 10.2. The Bertz CT molecular complexity index is 797. The molecule has 1 saturated carbocycles. The molecular formula is C26H38IN5. The van der Waals surface area contributed by atoms with Crippen molar-refractivity contribution >= 4 is 29.9 Å². The Morgan fingerprint density at radius 3 is 2.34 bits per heavy atom. The van der Waals surface area contributed by atoms with Gasteiger partial charge in [-0.2, -0.15) is 0 Å². The van der Waals surface area contributed by atoms with Crippen LogP contribution in [0.4, 0.5) is 0 Å². The van der Waals surface area contributed by atoms with Gasteiger partial charge in [0.05, 0.1) is 5.69 Å². The van der Waals surface area contributed by atoms with Crippen LogP contribution in [0.2, 0.25) is 0 Å². The van der Waals surface area contributed by atoms with Crippen LogP contribution in [-0.4, -0.2) is 48.6 Å². The minimum Gasteiger partial charge on any atom is -0.356 e. The van der Waals surface area contributed by atoms with Crippen molar-refractivity contribution in [2.45, 2.75) is 57.0 Å². The third-order valence-corrected chi connectivity index (χ3v) is 6.94. The first-order valence-electron chi connectivity index (χ1n) is 11.9. The molecule has 0 atom stereocenters. The summed E-state index contributed by atoms with van der Waals surface area (Å²) in [6.45, 7) is 4.19. The third-order valence-electron chi connectivity index (χ3n) is 6.94. The van der Waals surface area contributed by atoms with Crippen LogP contribution in [0.1, 0.15) is 55.7 Å². The maximum Gasteiger partial charge on any atom is 0.191 e. The highest BCUT2D eigenvalue weighted by atomic mass is 127. The lowest BCUT2D eigenvalue weighted by atomic mass is 9.79. The van der Waals surface area contributed by atoms with E-state index in [1.165, 1.54) is 31.2 Å². The molecule has 1 aromatic carbocycles. The van der Waals surface area contributed by atoms with E-state index in [2.05, 4.69) is 68.0 Å². The summed E-state index contributed by atoms with van der Waals surface area (Å²) in [5, 5.41) is 7.27. The topological polar surface area (TPSA) is 52.6 Å². The first-order chi connectivity index (χ1) is 15.3. The van der Waals surface area contributed by atoms with Crippen molar-refractivity contribution in [3.63, 3.8) is 0 Å². The summed E-state index contributed by atoms with van der Waals surface area (Å²) in [6, 6.07) is 17.7. The summed E-state index contributed by atoms with van der Waals surface area (Å²) in [6.07, 6.45) is 9.39. The molecule has 2 aromatic rings. The van der Waals surface area contributed by atoms with Crippen LogP contribution < -0.4 is 10.6 Å². The van der Waals surface area contributed by atoms with Crippen molar-refractivity contribution in [1.82, 2.24) is 20.5 Å². The molecule has 2 fully saturated rings. The van der Waals surface area contributed by atoms with Crippen LogP contribution in [0.15, 0.2) is 59.7 Å². The van der Waals surface area contributed by atoms with Crippen molar-refractivity contribution in [3.8, 4) is 0 Å². The first-order valence-corrected chi connectivity index (χ1v) is 11.9. The third kappa shape index (κ3) is 7.44. The second-order valence-electron chi connectivity index (χ2n) is 9.10. The van der Waals surface area contributed by atoms with Gasteiger partial charge in [-0.15, -0.1) is 24.0 Å². The number of aromatic nitrogens is 1. The number of aliphatic imine (C=N–C) groups is 1. The smallest absolute Gasteiger partial charge is 0.191 e. The standard InChI is InChI=1S/C26H37N5.HI/c1-27-26(29-19-21-10-12-23(13-11-21)22-7-3-2-4-8-22)30-24-14-17-31(18-15-24)20-25-9-5-6-16-28-25;/h2-9,16,21,23-24H,10-15,17-20H2,1H3,(H2,27,29,30);1H. The number of benzene rings is 1. The van der Waals surface area contributed by atoms with Gasteiger partial charge in [0.15, 0.2) is 5.96 Å². The minimum atomic E-state index is 0. The van der Waals surface area contributed by atoms with E-state index in [1.54, 1.807) is 0 Å². The number of nitrogens with one attached hydrogen (secondary N) is 2. The zero-order valence-corrected chi connectivity index (χ0v) is 21.6. The number of likely N-dealkylation sites (tertiary alicyclic amines) is 1. The lowest BCUT2D eigenvalue weighted by Crippen LogP contribution is -2.49. The van der Waals surface area contributed by atoms with Crippen LogP contribution in [0.25, 0.3) is 0 Å². The van der Waals surface area contributed by atoms with Gasteiger partial charge in [-0.3, -0.25) is 14.9 Å². The number of hydrogen-bond acceptors (Lipinski definition) is 3. The zero-order valence-electron chi connectivity index (χ0n) is 19.2. The highest BCUT2D eigenvalue weighted by molar-refractivity contribution is 14.0. The second kappa shape index (κ2) is 13.1. The summed E-state index contributed by atoms with van der Waals surface area (Å²) >= 11 is 0. The molecule has 174 valence electrons. The maximum atomic E-state index is 4.49. The molecule has 1 aliphatic heterocycles. The summed E-state index contributed by atoms with van der Waals surface area (Å²) in [7, 11) is 1.89. The Labute approximate surface area is 210 Å². The first kappa shape index (κ1) is 25.0. The summed E-state index contributed by atoms with van der Waals surface area (Å²) in [5.74, 6) is 2.46. The van der Waals surface area contributed by atoms with Crippen molar-refractivity contribution in [3.05, 3.63) is 66.0 Å². The van der Waals surface area contributed by atoms with E-state index >= 15 is 0 Å². The van der Waals surface area contributed by atoms with Gasteiger partial charge < -0.3 is 10.6 Å². The highest BCUT2D eigenvalue weighted by Crippen LogP contribution is 2.35. The van der Waals surface area contributed by atoms with Crippen molar-refractivity contribution in [1.29, 1.82) is 0 Å². The van der Waals surface area contributed by atoms with E-state index in [9.17, 15) is 0 Å². The molecule has 2 aliphatic rings. The molecule has 5 nitrogen and oxygen atoms in total. The summed E-state index contributed by atoms with van der Waals surface area (Å²) < 4.78 is 0. The van der Waals surface area contributed by atoms with Crippen molar-refractivity contribution in [2.24, 2.45) is 10.9 Å². The molecule has 0 spiro atoms. The minimum absolute atomic E-state index is 0. The average molecular weight is 548 g/mol. The van der Waals surface area contributed by atoms with E-state index in [1.807, 2.05) is 19.3 Å². The van der Waals surface area contributed by atoms with Gasteiger partial charge in [-0.25, -0.2) is 0 Å². The van der Waals surface area contributed by atoms with Gasteiger partial charge in [0, 0.05) is 45.5 Å². The quantitative estimate of drug-likeness (QED) is 0.310. The molecule has 2 heterocycles. The van der Waals surface area contributed by atoms with Crippen LogP contribution in [0, 0.1) is 5.92 Å². The molecule has 32 heavy (non-hydrogen) atoms. The molecule has 6 heteroatoms. The number of piperidine rings is 1. The normalized spacial score (nSPS) is 22.7. The van der Waals surface area contributed by atoms with Crippen LogP contribution in [-0.2, 0) is 6.54 Å². The molecule has 1 aromatic heterocycles. The van der Waals surface area contributed by atoms with Gasteiger partial charge in [-0.1, -0.05) is 36.4 Å². The molecular weight excluding hydrogens is 509 g/mol. The fourth-order valence-corrected chi connectivity index (χ4v) is 5.01. The van der Waals surface area contributed by atoms with E-state index in [-0.39, 0.29) is 24.0 Å². The molecule has 0 bridgehead atoms. The lowest BCUT2D eigenvalue weighted by Gasteiger charge is -2.33. The largest absolute Gasteiger partial charge is 0.356 e. The van der Waals surface area contributed by atoms with E-state index < -0.39 is 0 Å². The molecule has 0 radical (unpaired) electrons. The van der Waals surface area contributed by atoms with Crippen LogP contribution in [0.5, 0.6) is 0 Å². The van der Waals surface area contributed by atoms with Crippen LogP contribution in [0.3, 0.4) is 0 Å². The number of nitrogens with zero attached hydrogens (tertiary/aromatic N) is 3. The fraction of sp³-hybridized carbons (Fsp3) is 0.538. The monoisotopic (exact) mass is 547 g/mol. The predicted octanol–water partition coefficient (Wildman–Crippen LogP) is 4.80. The number of halogens is 1. The van der Waals surface area contributed by atoms with Crippen molar-refractivity contribution < 1.29 is 0 Å². The zero-order chi connectivity index (χ0) is 21.3. The molecule has 1 aliphatic carbocycles. The Morgan fingerprint density at radius 1 is 0.969 bits per heavy atom. The highest BCUT2D eigenvalue weighted by Gasteiger charge is 2.23. The van der Waals surface area contributed by atoms with E-state index in [4.69, 9.17) is 0 Å². The Balaban J connectivity index is 0.00000289. The lowest BCUT2D eigenvalue weighted by molar-refractivity contribution is 0.196. The van der Waals surface area contributed by atoms with Gasteiger partial charge in [0.25, 0.3) is 0 Å². The number of pyridine rings is 1. The molecule has 2 N–H and O–H groups in total. The SMILES string of the molecule is CN=C(NCC1CCC(c2ccccc2)CC1)NC1CCN(Cc2ccccn2)CC1.I. The predicted molar refractivity (Wildman–Crippen MR) is 144 cm³/mol. The Hall–Kier alpha value is -1.67. The maximum absolute atomic E-state index is 4.49. The van der Waals surface area contributed by atoms with Gasteiger partial charge in [0.1, 0.15) is 0 Å². The van der Waals surface area contributed by atoms with E-state index in [0.717, 1.165) is 62.5 Å². The number of hydrogen-bond donors (Lipinski definition) is 2. The summed E-state index contributed by atoms with van der Waals surface area (Å²) in [4.78, 5) is 11.4. The molecule has 0 unspecified atom stereocenters. The van der Waals surface area contributed by atoms with E-state index in [0.29, 0.717) is 6.04 Å². The molecule has 1 saturated heterocycles. The fourth-order valence-electron chi connectivity index (χ4n) is 5.01. The van der Waals surface area contributed by atoms with Crippen molar-refractivity contribution in [2.75, 3.05) is 26.7 Å². The molecule has 4 rings (SSSR count). The van der Waals surface area contributed by atoms with Gasteiger partial charge in [0.2, 0.25) is 0 Å². The number of rotatable bonds is 6. The average Bonchev–Trinajstić information content (AvgIpc) is 2.84.